The van der Waals surface area contributed by atoms with E-state index in [4.69, 9.17) is 20.9 Å². The molecule has 4 aromatic rings. The zero-order valence-electron chi connectivity index (χ0n) is 29.5. The molecule has 3 atom stereocenters. The molecule has 0 saturated heterocycles. The first-order valence-corrected chi connectivity index (χ1v) is 16.6. The van der Waals surface area contributed by atoms with Crippen molar-refractivity contribution in [3.8, 4) is 11.4 Å². The van der Waals surface area contributed by atoms with Crippen molar-refractivity contribution < 1.29 is 28.7 Å². The standard InChI is InChI=1S/C36H47N9O6/c1-21-12-14-22(15-13-21)30-41-20-24(42-30)18-29(45-35(49)51-36(2,3)4)32(47)44-28(17-23-19-40-26-10-7-6-9-25(23)26)31(46)43-27(33(48)50-5)11-8-16-39-34(37)38/h6-7,9-10,12-15,19-20,27-29,40H,8,11,16-18H2,1-5H3,(H,41,42)(H,43,46)(H,44,47)(H,45,49)(H4,37,38,39)/t27-,28-,29-/m0/s1. The number of methoxy groups -OCH3 is 1. The number of ether oxygens (including phenoxy) is 2. The Morgan fingerprint density at radius 3 is 2.25 bits per heavy atom. The first-order valence-electron chi connectivity index (χ1n) is 16.6. The highest BCUT2D eigenvalue weighted by atomic mass is 16.6. The third-order valence-corrected chi connectivity index (χ3v) is 7.86. The number of aliphatic imine (C=N–C) groups is 1. The summed E-state index contributed by atoms with van der Waals surface area (Å²) in [5.74, 6) is -1.46. The van der Waals surface area contributed by atoms with Crippen molar-refractivity contribution in [1.29, 1.82) is 0 Å². The van der Waals surface area contributed by atoms with Gasteiger partial charge in [-0.25, -0.2) is 14.6 Å². The average molecular weight is 702 g/mol. The minimum absolute atomic E-state index is 0.000932. The first kappa shape index (κ1) is 38.0. The molecule has 51 heavy (non-hydrogen) atoms. The highest BCUT2D eigenvalue weighted by Crippen LogP contribution is 2.20. The van der Waals surface area contributed by atoms with Gasteiger partial charge in [0.05, 0.1) is 7.11 Å². The number of nitrogens with zero attached hydrogens (tertiary/aromatic N) is 2. The number of esters is 1. The van der Waals surface area contributed by atoms with E-state index in [2.05, 4.69) is 35.9 Å². The van der Waals surface area contributed by atoms with Crippen molar-refractivity contribution in [1.82, 2.24) is 30.9 Å². The molecule has 4 rings (SSSR count). The fraction of sp³-hybridized carbons (Fsp3) is 0.389. The molecule has 0 aliphatic rings. The van der Waals surface area contributed by atoms with Crippen molar-refractivity contribution in [2.24, 2.45) is 16.5 Å². The lowest BCUT2D eigenvalue weighted by molar-refractivity contribution is -0.145. The number of carbonyl (C=O) groups is 4. The van der Waals surface area contributed by atoms with E-state index < -0.39 is 47.6 Å². The summed E-state index contributed by atoms with van der Waals surface area (Å²) >= 11 is 0. The van der Waals surface area contributed by atoms with E-state index in [1.807, 2.05) is 55.5 Å². The number of imidazole rings is 1. The molecule has 15 nitrogen and oxygen atoms in total. The highest BCUT2D eigenvalue weighted by Gasteiger charge is 2.32. The largest absolute Gasteiger partial charge is 0.467 e. The number of rotatable bonds is 15. The van der Waals surface area contributed by atoms with E-state index in [0.29, 0.717) is 17.9 Å². The number of nitrogens with one attached hydrogen (secondary N) is 5. The summed E-state index contributed by atoms with van der Waals surface area (Å²) in [7, 11) is 1.22. The van der Waals surface area contributed by atoms with Crippen LogP contribution in [-0.2, 0) is 36.7 Å². The molecule has 0 fully saturated rings. The molecule has 0 aliphatic carbocycles. The number of guanidine groups is 1. The fourth-order valence-corrected chi connectivity index (χ4v) is 5.37. The van der Waals surface area contributed by atoms with E-state index in [9.17, 15) is 19.2 Å². The predicted molar refractivity (Wildman–Crippen MR) is 193 cm³/mol. The number of hydrogen-bond acceptors (Lipinski definition) is 8. The van der Waals surface area contributed by atoms with Gasteiger partial charge < -0.3 is 46.9 Å². The molecule has 0 bridgehead atoms. The molecule has 272 valence electrons. The molecule has 0 radical (unpaired) electrons. The number of hydrogen-bond donors (Lipinski definition) is 7. The van der Waals surface area contributed by atoms with E-state index in [-0.39, 0.29) is 31.8 Å². The number of aromatic nitrogens is 3. The molecule has 15 heteroatoms. The number of benzene rings is 2. The fourth-order valence-electron chi connectivity index (χ4n) is 5.37. The molecule has 0 aliphatic heterocycles. The van der Waals surface area contributed by atoms with Crippen LogP contribution in [0, 0.1) is 6.92 Å². The summed E-state index contributed by atoms with van der Waals surface area (Å²) in [6.07, 6.45) is 3.14. The Morgan fingerprint density at radius 1 is 0.922 bits per heavy atom. The van der Waals surface area contributed by atoms with Crippen LogP contribution >= 0.6 is 0 Å². The monoisotopic (exact) mass is 701 g/mol. The zero-order chi connectivity index (χ0) is 37.1. The number of aromatic amines is 2. The van der Waals surface area contributed by atoms with E-state index in [1.165, 1.54) is 7.11 Å². The Morgan fingerprint density at radius 2 is 1.59 bits per heavy atom. The van der Waals surface area contributed by atoms with Gasteiger partial charge in [0.2, 0.25) is 11.8 Å². The summed E-state index contributed by atoms with van der Waals surface area (Å²) < 4.78 is 10.4. The van der Waals surface area contributed by atoms with Crippen LogP contribution in [0.1, 0.15) is 50.4 Å². The van der Waals surface area contributed by atoms with E-state index in [1.54, 1.807) is 33.2 Å². The molecular weight excluding hydrogens is 654 g/mol. The third-order valence-electron chi connectivity index (χ3n) is 7.86. The summed E-state index contributed by atoms with van der Waals surface area (Å²) in [5.41, 5.74) is 14.1. The Bertz CT molecular complexity index is 1840. The van der Waals surface area contributed by atoms with Gasteiger partial charge >= 0.3 is 12.1 Å². The minimum atomic E-state index is -1.18. The second kappa shape index (κ2) is 17.2. The maximum Gasteiger partial charge on any atom is 0.408 e. The quantitative estimate of drug-likeness (QED) is 0.0417. The molecule has 3 amide bonds. The zero-order valence-corrected chi connectivity index (χ0v) is 29.5. The maximum absolute atomic E-state index is 14.1. The Labute approximate surface area is 296 Å². The number of aryl methyl sites for hydroxylation is 1. The van der Waals surface area contributed by atoms with Crippen LogP contribution in [0.3, 0.4) is 0 Å². The molecular formula is C36H47N9O6. The van der Waals surface area contributed by atoms with Crippen LogP contribution in [0.15, 0.2) is 65.9 Å². The average Bonchev–Trinajstić information content (AvgIpc) is 3.71. The third kappa shape index (κ3) is 11.3. The summed E-state index contributed by atoms with van der Waals surface area (Å²) in [5, 5.41) is 9.07. The molecule has 2 aromatic heterocycles. The van der Waals surface area contributed by atoms with Gasteiger partial charge in [-0.3, -0.25) is 14.6 Å². The Kier molecular flexibility index (Phi) is 12.8. The van der Waals surface area contributed by atoms with Crippen LogP contribution in [-0.4, -0.2) is 82.2 Å². The van der Waals surface area contributed by atoms with Crippen LogP contribution in [0.5, 0.6) is 0 Å². The summed E-state index contributed by atoms with van der Waals surface area (Å²) in [6, 6.07) is 11.9. The van der Waals surface area contributed by atoms with Gasteiger partial charge in [0.1, 0.15) is 29.6 Å². The van der Waals surface area contributed by atoms with Gasteiger partial charge in [0.15, 0.2) is 5.96 Å². The van der Waals surface area contributed by atoms with Crippen LogP contribution in [0.2, 0.25) is 0 Å². The lowest BCUT2D eigenvalue weighted by Gasteiger charge is -2.26. The minimum Gasteiger partial charge on any atom is -0.467 e. The number of carbonyl (C=O) groups excluding carboxylic acids is 4. The number of nitrogens with two attached hydrogens (primary N) is 2. The number of H-pyrrole nitrogens is 2. The topological polar surface area (TPSA) is 232 Å². The van der Waals surface area contributed by atoms with Gasteiger partial charge in [-0.1, -0.05) is 48.0 Å². The molecule has 0 unspecified atom stereocenters. The maximum atomic E-state index is 14.1. The Balaban J connectivity index is 1.61. The highest BCUT2D eigenvalue weighted by molar-refractivity contribution is 5.94. The second-order valence-corrected chi connectivity index (χ2v) is 13.2. The normalized spacial score (nSPS) is 13.0. The lowest BCUT2D eigenvalue weighted by Crippen LogP contribution is -2.57. The first-order chi connectivity index (χ1) is 24.2. The SMILES string of the molecule is COC(=O)[C@H](CCCN=C(N)N)NC(=O)[C@H](Cc1c[nH]c2ccccc12)NC(=O)[C@H](Cc1cnc(-c2ccc(C)cc2)[nH]1)NC(=O)OC(C)(C)C. The van der Waals surface area contributed by atoms with E-state index in [0.717, 1.165) is 27.6 Å². The van der Waals surface area contributed by atoms with Crippen LogP contribution < -0.4 is 27.4 Å². The summed E-state index contributed by atoms with van der Waals surface area (Å²) in [6.45, 7) is 7.35. The van der Waals surface area contributed by atoms with Gasteiger partial charge in [0.25, 0.3) is 0 Å². The number of fused-ring (bicyclic) bond motifs is 1. The molecule has 0 saturated carbocycles. The van der Waals surface area contributed by atoms with Crippen molar-refractivity contribution >= 4 is 40.7 Å². The van der Waals surface area contributed by atoms with Gasteiger partial charge in [-0.15, -0.1) is 0 Å². The van der Waals surface area contributed by atoms with Gasteiger partial charge in [-0.2, -0.15) is 0 Å². The van der Waals surface area contributed by atoms with Crippen molar-refractivity contribution in [2.75, 3.05) is 13.7 Å². The molecule has 2 aromatic carbocycles. The van der Waals surface area contributed by atoms with Crippen LogP contribution in [0.25, 0.3) is 22.3 Å². The summed E-state index contributed by atoms with van der Waals surface area (Å²) in [4.78, 5) is 68.5. The van der Waals surface area contributed by atoms with Crippen molar-refractivity contribution in [2.45, 2.75) is 77.1 Å². The Hall–Kier alpha value is -5.86. The number of amides is 3. The predicted octanol–water partition coefficient (Wildman–Crippen LogP) is 2.74. The molecule has 2 heterocycles. The second-order valence-electron chi connectivity index (χ2n) is 13.2. The van der Waals surface area contributed by atoms with Gasteiger partial charge in [-0.05, 0) is 52.2 Å². The molecule has 9 N–H and O–H groups in total. The van der Waals surface area contributed by atoms with Crippen LogP contribution in [0.4, 0.5) is 4.79 Å². The molecule has 0 spiro atoms. The van der Waals surface area contributed by atoms with E-state index >= 15 is 0 Å². The van der Waals surface area contributed by atoms with Crippen molar-refractivity contribution in [3.05, 3.63) is 77.7 Å². The smallest absolute Gasteiger partial charge is 0.408 e. The number of alkyl carbamates (subject to hydrolysis) is 1. The number of para-hydroxylation sites is 1. The van der Waals surface area contributed by atoms with Gasteiger partial charge in [0, 0.05) is 53.9 Å². The lowest BCUT2D eigenvalue weighted by atomic mass is 10.0. The van der Waals surface area contributed by atoms with Crippen molar-refractivity contribution in [3.63, 3.8) is 0 Å².